The van der Waals surface area contributed by atoms with Crippen LogP contribution in [-0.4, -0.2) is 47.1 Å². The molecule has 4 rings (SSSR count). The van der Waals surface area contributed by atoms with Gasteiger partial charge >= 0.3 is 0 Å². The summed E-state index contributed by atoms with van der Waals surface area (Å²) in [5.41, 5.74) is 1.98. The average Bonchev–Trinajstić information content (AvgIpc) is 3.09. The molecule has 1 aromatic heterocycles. The summed E-state index contributed by atoms with van der Waals surface area (Å²) in [4.78, 5) is 20.3. The molecule has 2 aromatic carbocycles. The van der Waals surface area contributed by atoms with Crippen LogP contribution in [0.5, 0.6) is 5.75 Å². The van der Waals surface area contributed by atoms with Crippen LogP contribution < -0.4 is 4.90 Å². The van der Waals surface area contributed by atoms with E-state index in [0.29, 0.717) is 12.2 Å². The number of hydrogen-bond acceptors (Lipinski definition) is 4. The number of benzene rings is 2. The summed E-state index contributed by atoms with van der Waals surface area (Å²) in [6.07, 6.45) is 0.401. The second-order valence-corrected chi connectivity index (χ2v) is 8.09. The van der Waals surface area contributed by atoms with Crippen molar-refractivity contribution in [2.24, 2.45) is 0 Å². The van der Waals surface area contributed by atoms with E-state index in [9.17, 15) is 9.90 Å². The van der Waals surface area contributed by atoms with Gasteiger partial charge in [0, 0.05) is 11.1 Å². The van der Waals surface area contributed by atoms with Gasteiger partial charge in [0.2, 0.25) is 5.91 Å². The third kappa shape index (κ3) is 3.96. The van der Waals surface area contributed by atoms with Crippen LogP contribution in [0.4, 0.5) is 0 Å². The number of fused-ring (bicyclic) bond motifs is 1. The number of carbonyl (C=O) groups excluding carboxylic acids is 1. The van der Waals surface area contributed by atoms with Gasteiger partial charge in [-0.15, -0.1) is 11.3 Å². The van der Waals surface area contributed by atoms with Gasteiger partial charge in [0.05, 0.1) is 38.2 Å². The Bertz CT molecular complexity index is 961. The summed E-state index contributed by atoms with van der Waals surface area (Å²) in [5, 5.41) is 15.5. The van der Waals surface area contributed by atoms with Gasteiger partial charge in [-0.05, 0) is 23.8 Å². The summed E-state index contributed by atoms with van der Waals surface area (Å²) >= 11 is 1.56. The van der Waals surface area contributed by atoms with Crippen molar-refractivity contribution in [3.8, 4) is 5.75 Å². The molecule has 0 spiro atoms. The average molecular weight is 383 g/mol. The number of quaternary nitrogens is 1. The highest BCUT2D eigenvalue weighted by atomic mass is 32.1. The molecule has 0 saturated carbocycles. The van der Waals surface area contributed by atoms with Gasteiger partial charge in [-0.1, -0.05) is 30.3 Å². The van der Waals surface area contributed by atoms with Crippen molar-refractivity contribution >= 4 is 28.0 Å². The third-order valence-electron chi connectivity index (χ3n) is 5.23. The molecule has 3 aromatic rings. The predicted octanol–water partition coefficient (Wildman–Crippen LogP) is 1.78. The van der Waals surface area contributed by atoms with Crippen LogP contribution in [-0.2, 0) is 17.8 Å². The van der Waals surface area contributed by atoms with E-state index in [1.54, 1.807) is 17.4 Å². The molecule has 2 heterocycles. The number of rotatable bonds is 4. The monoisotopic (exact) mass is 382 g/mol. The third-order valence-corrected chi connectivity index (χ3v) is 6.20. The minimum absolute atomic E-state index is 0.163. The number of phenols is 1. The molecule has 1 fully saturated rings. The lowest BCUT2D eigenvalue weighted by molar-refractivity contribution is -0.917. The number of nitrogens with one attached hydrogen (secondary N) is 1. The molecule has 27 heavy (non-hydrogen) atoms. The molecule has 1 aliphatic heterocycles. The van der Waals surface area contributed by atoms with E-state index in [-0.39, 0.29) is 5.91 Å². The van der Waals surface area contributed by atoms with Crippen molar-refractivity contribution in [1.82, 2.24) is 9.88 Å². The molecule has 2 N–H and O–H groups in total. The number of amides is 1. The lowest BCUT2D eigenvalue weighted by Crippen LogP contribution is -3.13. The van der Waals surface area contributed by atoms with E-state index in [1.165, 1.54) is 4.90 Å². The molecule has 1 saturated heterocycles. The first-order valence-corrected chi connectivity index (χ1v) is 10.2. The minimum atomic E-state index is 0.163. The number of aryl methyl sites for hydroxylation is 1. The Kier molecular flexibility index (Phi) is 5.09. The van der Waals surface area contributed by atoms with Crippen LogP contribution in [0.2, 0.25) is 0 Å². The zero-order valence-electron chi connectivity index (χ0n) is 15.4. The van der Waals surface area contributed by atoms with Crippen LogP contribution in [0.1, 0.15) is 16.3 Å². The predicted molar refractivity (Wildman–Crippen MR) is 107 cm³/mol. The Morgan fingerprint density at radius 3 is 2.74 bits per heavy atom. The highest BCUT2D eigenvalue weighted by Crippen LogP contribution is 2.26. The van der Waals surface area contributed by atoms with Crippen molar-refractivity contribution in [2.45, 2.75) is 19.9 Å². The molecule has 6 heteroatoms. The van der Waals surface area contributed by atoms with Gasteiger partial charge in [-0.3, -0.25) is 4.79 Å². The Balaban J connectivity index is 1.39. The number of hydrogen-bond donors (Lipinski definition) is 2. The molecule has 0 bridgehead atoms. The molecule has 0 radical (unpaired) electrons. The maximum Gasteiger partial charge on any atom is 0.229 e. The molecule has 1 aliphatic rings. The van der Waals surface area contributed by atoms with Gasteiger partial charge in [-0.2, -0.15) is 0 Å². The van der Waals surface area contributed by atoms with E-state index >= 15 is 0 Å². The van der Waals surface area contributed by atoms with Gasteiger partial charge in [0.15, 0.2) is 0 Å². The fraction of sp³-hybridized carbons (Fsp3) is 0.333. The van der Waals surface area contributed by atoms with Gasteiger partial charge < -0.3 is 14.9 Å². The standard InChI is InChI=1S/C21H23N3O2S/c1-15-14-27-20(22-15)12-21(26)24-10-8-23(9-11-24)13-18-17-5-3-2-4-16(17)6-7-19(18)25/h2-7,14,25H,8-13H2,1H3/p+1. The first-order valence-electron chi connectivity index (χ1n) is 9.32. The zero-order valence-corrected chi connectivity index (χ0v) is 16.3. The summed E-state index contributed by atoms with van der Waals surface area (Å²) < 4.78 is 0. The van der Waals surface area contributed by atoms with Crippen molar-refractivity contribution in [1.29, 1.82) is 0 Å². The highest BCUT2D eigenvalue weighted by Gasteiger charge is 2.25. The normalized spacial score (nSPS) is 15.4. The molecule has 5 nitrogen and oxygen atoms in total. The second kappa shape index (κ2) is 7.66. The maximum atomic E-state index is 12.5. The highest BCUT2D eigenvalue weighted by molar-refractivity contribution is 7.09. The van der Waals surface area contributed by atoms with Crippen molar-refractivity contribution < 1.29 is 14.8 Å². The van der Waals surface area contributed by atoms with Crippen molar-refractivity contribution in [2.75, 3.05) is 26.2 Å². The van der Waals surface area contributed by atoms with E-state index in [2.05, 4.69) is 17.1 Å². The quantitative estimate of drug-likeness (QED) is 0.723. The summed E-state index contributed by atoms with van der Waals surface area (Å²) in [5.74, 6) is 0.523. The fourth-order valence-electron chi connectivity index (χ4n) is 3.73. The summed E-state index contributed by atoms with van der Waals surface area (Å²) in [7, 11) is 0. The molecular weight excluding hydrogens is 358 g/mol. The Morgan fingerprint density at radius 1 is 1.22 bits per heavy atom. The largest absolute Gasteiger partial charge is 0.507 e. The number of piperazine rings is 1. The fourth-order valence-corrected chi connectivity index (χ4v) is 4.50. The van der Waals surface area contributed by atoms with Gasteiger partial charge in [0.1, 0.15) is 17.3 Å². The second-order valence-electron chi connectivity index (χ2n) is 7.15. The van der Waals surface area contributed by atoms with Crippen molar-refractivity contribution in [3.63, 3.8) is 0 Å². The Hall–Kier alpha value is -2.44. The molecular formula is C21H24N3O2S+. The lowest BCUT2D eigenvalue weighted by Gasteiger charge is -2.32. The van der Waals surface area contributed by atoms with Crippen molar-refractivity contribution in [3.05, 3.63) is 58.0 Å². The lowest BCUT2D eigenvalue weighted by atomic mass is 10.0. The van der Waals surface area contributed by atoms with Gasteiger partial charge in [-0.25, -0.2) is 4.98 Å². The van der Waals surface area contributed by atoms with Crippen LogP contribution in [0.15, 0.2) is 41.8 Å². The molecule has 140 valence electrons. The number of aromatic hydroxyl groups is 1. The Morgan fingerprint density at radius 2 is 2.00 bits per heavy atom. The van der Waals surface area contributed by atoms with E-state index < -0.39 is 0 Å². The maximum absolute atomic E-state index is 12.5. The SMILES string of the molecule is Cc1csc(CC(=O)N2CC[NH+](Cc3c(O)ccc4ccccc34)CC2)n1. The smallest absolute Gasteiger partial charge is 0.229 e. The number of phenolic OH excluding ortho intramolecular Hbond substituents is 1. The summed E-state index contributed by atoms with van der Waals surface area (Å²) in [6, 6.07) is 11.9. The number of thiazole rings is 1. The van der Waals surface area contributed by atoms with E-state index in [0.717, 1.165) is 59.8 Å². The first-order chi connectivity index (χ1) is 13.1. The van der Waals surface area contributed by atoms with Gasteiger partial charge in [0.25, 0.3) is 0 Å². The summed E-state index contributed by atoms with van der Waals surface area (Å²) in [6.45, 7) is 6.03. The number of nitrogens with zero attached hydrogens (tertiary/aromatic N) is 2. The first kappa shape index (κ1) is 17.9. The van der Waals surface area contributed by atoms with E-state index in [1.807, 2.05) is 35.4 Å². The minimum Gasteiger partial charge on any atom is -0.507 e. The number of carbonyl (C=O) groups is 1. The van der Waals surface area contributed by atoms with Crippen LogP contribution in [0, 0.1) is 6.92 Å². The molecule has 0 atom stereocenters. The zero-order chi connectivity index (χ0) is 18.8. The van der Waals surface area contributed by atoms with Crippen LogP contribution in [0.25, 0.3) is 10.8 Å². The molecule has 1 amide bonds. The van der Waals surface area contributed by atoms with Crippen LogP contribution >= 0.6 is 11.3 Å². The topological polar surface area (TPSA) is 57.9 Å². The molecule has 0 aliphatic carbocycles. The van der Waals surface area contributed by atoms with Crippen LogP contribution in [0.3, 0.4) is 0 Å². The van der Waals surface area contributed by atoms with E-state index in [4.69, 9.17) is 0 Å². The Labute approximate surface area is 162 Å². The number of aromatic nitrogens is 1. The molecule has 0 unspecified atom stereocenters.